The third-order valence-corrected chi connectivity index (χ3v) is 15.5. The van der Waals surface area contributed by atoms with E-state index in [1.807, 2.05) is 36.4 Å². The summed E-state index contributed by atoms with van der Waals surface area (Å²) in [6.45, 7) is 7.47. The molecule has 8 rings (SSSR count). The molecule has 0 amide bonds. The maximum Gasteiger partial charge on any atom is 0.308 e. The van der Waals surface area contributed by atoms with Crippen LogP contribution in [0.2, 0.25) is 0 Å². The van der Waals surface area contributed by atoms with E-state index in [0.29, 0.717) is 28.3 Å². The molecular weight excluding hydrogens is 637 g/mol. The average molecular weight is 691 g/mol. The maximum atomic E-state index is 11.5. The molecule has 0 N–H and O–H groups in total. The third-order valence-electron chi connectivity index (χ3n) is 13.4. The molecule has 6 fully saturated rings. The van der Waals surface area contributed by atoms with Crippen LogP contribution in [0, 0.1) is 47.3 Å². The number of fused-ring (bicyclic) bond motifs is 10. The first-order chi connectivity index (χ1) is 23.0. The average Bonchev–Trinajstić information content (AvgIpc) is 3.90. The Kier molecular flexibility index (Phi) is 10.0. The molecule has 6 aliphatic rings. The fourth-order valence-corrected chi connectivity index (χ4v) is 13.2. The van der Waals surface area contributed by atoms with E-state index in [1.54, 1.807) is 25.8 Å². The molecular formula is C41H54O5S2. The fourth-order valence-electron chi connectivity index (χ4n) is 11.3. The molecule has 6 aliphatic carbocycles. The van der Waals surface area contributed by atoms with Crippen molar-refractivity contribution in [3.8, 4) is 11.5 Å². The van der Waals surface area contributed by atoms with Gasteiger partial charge >= 0.3 is 5.97 Å². The quantitative estimate of drug-likeness (QED) is 0.202. The minimum atomic E-state index is -0.308. The molecule has 0 radical (unpaired) electrons. The molecule has 260 valence electrons. The molecule has 48 heavy (non-hydrogen) atoms. The Bertz CT molecular complexity index is 1460. The normalized spacial score (nSPS) is 37.1. The van der Waals surface area contributed by atoms with Gasteiger partial charge in [-0.1, -0.05) is 49.9 Å². The minimum Gasteiger partial charge on any atom is -0.497 e. The van der Waals surface area contributed by atoms with Gasteiger partial charge in [0.2, 0.25) is 0 Å². The van der Waals surface area contributed by atoms with Gasteiger partial charge in [0.25, 0.3) is 0 Å². The van der Waals surface area contributed by atoms with Gasteiger partial charge in [0.15, 0.2) is 5.12 Å². The van der Waals surface area contributed by atoms with Crippen LogP contribution in [-0.2, 0) is 19.7 Å². The Morgan fingerprint density at radius 2 is 1.12 bits per heavy atom. The molecule has 0 saturated heterocycles. The lowest BCUT2D eigenvalue weighted by molar-refractivity contribution is -0.131. The van der Waals surface area contributed by atoms with E-state index in [9.17, 15) is 9.59 Å². The molecule has 0 heterocycles. The number of hydrogen-bond acceptors (Lipinski definition) is 7. The van der Waals surface area contributed by atoms with E-state index in [0.717, 1.165) is 63.9 Å². The highest BCUT2D eigenvalue weighted by molar-refractivity contribution is 8.14. The van der Waals surface area contributed by atoms with Crippen LogP contribution in [0.15, 0.2) is 48.5 Å². The zero-order valence-corrected chi connectivity index (χ0v) is 31.2. The Hall–Kier alpha value is -1.96. The third kappa shape index (κ3) is 6.74. The van der Waals surface area contributed by atoms with E-state index in [1.165, 1.54) is 63.9 Å². The number of esters is 1. The Balaban J connectivity index is 0.000000158. The summed E-state index contributed by atoms with van der Waals surface area (Å²) in [6, 6.07) is 15.7. The number of benzene rings is 2. The number of carbonyl (C=O) groups is 2. The summed E-state index contributed by atoms with van der Waals surface area (Å²) in [5.41, 5.74) is 2.22. The number of hydrogen-bond donors (Lipinski definition) is 0. The summed E-state index contributed by atoms with van der Waals surface area (Å²) in [5, 5.41) is 1.85. The molecule has 0 spiro atoms. The van der Waals surface area contributed by atoms with Crippen molar-refractivity contribution >= 4 is 34.6 Å². The Morgan fingerprint density at radius 1 is 0.646 bits per heavy atom. The number of rotatable bonds is 8. The minimum absolute atomic E-state index is 0.138. The van der Waals surface area contributed by atoms with Gasteiger partial charge in [-0.3, -0.25) is 9.59 Å². The van der Waals surface area contributed by atoms with Crippen molar-refractivity contribution < 1.29 is 23.8 Å². The molecule has 4 bridgehead atoms. The van der Waals surface area contributed by atoms with Crippen LogP contribution in [0.4, 0.5) is 0 Å². The van der Waals surface area contributed by atoms with Crippen LogP contribution in [0.1, 0.15) is 90.2 Å². The van der Waals surface area contributed by atoms with E-state index in [-0.39, 0.29) is 11.4 Å². The molecule has 7 heteroatoms. The van der Waals surface area contributed by atoms with Gasteiger partial charge in [-0.25, -0.2) is 0 Å². The molecule has 12 unspecified atom stereocenters. The molecule has 0 aliphatic heterocycles. The van der Waals surface area contributed by atoms with Crippen molar-refractivity contribution in [3.63, 3.8) is 0 Å². The first kappa shape index (κ1) is 34.5. The van der Waals surface area contributed by atoms with Gasteiger partial charge in [-0.05, 0) is 140 Å². The predicted molar refractivity (Wildman–Crippen MR) is 196 cm³/mol. The van der Waals surface area contributed by atoms with Crippen LogP contribution >= 0.6 is 23.5 Å². The van der Waals surface area contributed by atoms with Gasteiger partial charge < -0.3 is 14.2 Å². The van der Waals surface area contributed by atoms with Gasteiger partial charge in [-0.2, -0.15) is 11.8 Å². The Labute approximate surface area is 296 Å². The van der Waals surface area contributed by atoms with Crippen LogP contribution in [0.5, 0.6) is 11.5 Å². The van der Waals surface area contributed by atoms with E-state index in [2.05, 4.69) is 44.0 Å². The maximum absolute atomic E-state index is 11.5. The summed E-state index contributed by atoms with van der Waals surface area (Å²) in [4.78, 5) is 22.5. The molecule has 5 nitrogen and oxygen atoms in total. The number of thioether (sulfide) groups is 2. The SMILES string of the molecule is COc1ccc(C(C)(C)c2ccc(OC(C)=O)cc2)cc1.CSC1CC2C3CC(OC4CC5CC4C4CC(SC(C)=O)CC54)C(C3)C2C1. The highest BCUT2D eigenvalue weighted by Crippen LogP contribution is 2.64. The van der Waals surface area contributed by atoms with Gasteiger partial charge in [-0.15, -0.1) is 0 Å². The summed E-state index contributed by atoms with van der Waals surface area (Å²) in [6.07, 6.45) is 14.6. The highest BCUT2D eigenvalue weighted by Gasteiger charge is 2.60. The highest BCUT2D eigenvalue weighted by atomic mass is 32.2. The molecule has 6 saturated carbocycles. The summed E-state index contributed by atoms with van der Waals surface area (Å²) in [5.74, 6) is 8.49. The van der Waals surface area contributed by atoms with Crippen LogP contribution in [0.3, 0.4) is 0 Å². The first-order valence-electron chi connectivity index (χ1n) is 18.3. The van der Waals surface area contributed by atoms with Crippen molar-refractivity contribution in [2.24, 2.45) is 47.3 Å². The molecule has 0 aromatic heterocycles. The second kappa shape index (κ2) is 14.0. The van der Waals surface area contributed by atoms with Crippen molar-refractivity contribution in [2.45, 2.75) is 107 Å². The standard InChI is InChI=1S/C23H34O2S2.C18H20O3/c1-11(24)27-15-9-17-13-4-21(19(17)10-15)23(6-13)25-22-5-12-3-20(22)18-8-14(26-2)7-16(12)18;1-13(19)21-17-11-7-15(8-12-17)18(2,3)14-5-9-16(20-4)10-6-14/h12-23H,3-10H2,1-2H3;5-12H,1-4H3. The Morgan fingerprint density at radius 3 is 1.60 bits per heavy atom. The van der Waals surface area contributed by atoms with Gasteiger partial charge in [0.1, 0.15) is 11.5 Å². The van der Waals surface area contributed by atoms with Crippen molar-refractivity contribution in [1.82, 2.24) is 0 Å². The van der Waals surface area contributed by atoms with Crippen LogP contribution in [-0.4, -0.2) is 47.2 Å². The zero-order chi connectivity index (χ0) is 33.7. The lowest BCUT2D eigenvalue weighted by atomic mass is 9.78. The number of carbonyl (C=O) groups excluding carboxylic acids is 2. The van der Waals surface area contributed by atoms with E-state index in [4.69, 9.17) is 14.2 Å². The van der Waals surface area contributed by atoms with Gasteiger partial charge in [0, 0.05) is 29.8 Å². The largest absolute Gasteiger partial charge is 0.497 e. The lowest BCUT2D eigenvalue weighted by Gasteiger charge is -2.37. The van der Waals surface area contributed by atoms with E-state index >= 15 is 0 Å². The van der Waals surface area contributed by atoms with Crippen LogP contribution in [0.25, 0.3) is 0 Å². The van der Waals surface area contributed by atoms with Crippen LogP contribution < -0.4 is 9.47 Å². The predicted octanol–water partition coefficient (Wildman–Crippen LogP) is 9.20. The second-order valence-electron chi connectivity index (χ2n) is 16.2. The smallest absolute Gasteiger partial charge is 0.308 e. The second-order valence-corrected chi connectivity index (χ2v) is 18.8. The number of methoxy groups -OCH3 is 1. The van der Waals surface area contributed by atoms with Crippen molar-refractivity contribution in [3.05, 3.63) is 59.7 Å². The van der Waals surface area contributed by atoms with Crippen molar-refractivity contribution in [2.75, 3.05) is 13.4 Å². The fraction of sp³-hybridized carbons (Fsp3) is 0.659. The molecule has 2 aromatic carbocycles. The number of ether oxygens (including phenoxy) is 3. The first-order valence-corrected chi connectivity index (χ1v) is 20.5. The summed E-state index contributed by atoms with van der Waals surface area (Å²) < 4.78 is 17.2. The zero-order valence-electron chi connectivity index (χ0n) is 29.6. The summed E-state index contributed by atoms with van der Waals surface area (Å²) in [7, 11) is 1.66. The lowest BCUT2D eigenvalue weighted by Crippen LogP contribution is -2.38. The van der Waals surface area contributed by atoms with Crippen molar-refractivity contribution in [1.29, 1.82) is 0 Å². The van der Waals surface area contributed by atoms with E-state index < -0.39 is 0 Å². The molecule has 12 atom stereocenters. The molecule has 2 aromatic rings. The topological polar surface area (TPSA) is 61.8 Å². The summed E-state index contributed by atoms with van der Waals surface area (Å²) >= 11 is 3.74. The van der Waals surface area contributed by atoms with Gasteiger partial charge in [0.05, 0.1) is 19.3 Å². The monoisotopic (exact) mass is 690 g/mol.